The first kappa shape index (κ1) is 16.4. The summed E-state index contributed by atoms with van der Waals surface area (Å²) in [7, 11) is 1.69. The summed E-state index contributed by atoms with van der Waals surface area (Å²) in [5.74, 6) is 0.968. The van der Waals surface area contributed by atoms with Crippen LogP contribution in [-0.4, -0.2) is 50.2 Å². The van der Waals surface area contributed by atoms with Crippen molar-refractivity contribution in [1.82, 2.24) is 10.2 Å². The van der Waals surface area contributed by atoms with Crippen molar-refractivity contribution in [2.24, 2.45) is 5.92 Å². The van der Waals surface area contributed by atoms with E-state index in [1.165, 1.54) is 12.8 Å². The molecular formula is C15H30N2O2. The topological polar surface area (TPSA) is 41.6 Å². The van der Waals surface area contributed by atoms with Gasteiger partial charge in [-0.15, -0.1) is 0 Å². The maximum absolute atomic E-state index is 12.3. The van der Waals surface area contributed by atoms with Crippen LogP contribution in [-0.2, 0) is 9.53 Å². The van der Waals surface area contributed by atoms with Crippen molar-refractivity contribution < 1.29 is 9.53 Å². The van der Waals surface area contributed by atoms with Gasteiger partial charge in [0.2, 0.25) is 5.91 Å². The summed E-state index contributed by atoms with van der Waals surface area (Å²) in [5.41, 5.74) is 0. The Hall–Kier alpha value is -0.610. The third kappa shape index (κ3) is 5.91. The molecule has 4 nitrogen and oxygen atoms in total. The highest BCUT2D eigenvalue weighted by Crippen LogP contribution is 2.17. The molecule has 1 N–H and O–H groups in total. The summed E-state index contributed by atoms with van der Waals surface area (Å²) >= 11 is 0. The van der Waals surface area contributed by atoms with Crippen molar-refractivity contribution in [3.05, 3.63) is 0 Å². The number of methoxy groups -OCH3 is 1. The molecule has 2 atom stereocenters. The predicted octanol–water partition coefficient (Wildman–Crippen LogP) is 2.04. The Kier molecular flexibility index (Phi) is 8.07. The van der Waals surface area contributed by atoms with Crippen LogP contribution in [0.25, 0.3) is 0 Å². The average molecular weight is 270 g/mol. The summed E-state index contributed by atoms with van der Waals surface area (Å²) in [6.45, 7) is 7.80. The number of hydrogen-bond donors (Lipinski definition) is 1. The van der Waals surface area contributed by atoms with E-state index in [4.69, 9.17) is 4.74 Å². The highest BCUT2D eigenvalue weighted by Gasteiger charge is 2.20. The molecular weight excluding hydrogens is 240 g/mol. The second kappa shape index (κ2) is 9.32. The number of hydrogen-bond acceptors (Lipinski definition) is 3. The van der Waals surface area contributed by atoms with E-state index in [1.807, 2.05) is 4.90 Å². The van der Waals surface area contributed by atoms with Gasteiger partial charge in [0.05, 0.1) is 6.61 Å². The number of carbonyl (C=O) groups excluding carboxylic acids is 1. The molecule has 0 aromatic heterocycles. The zero-order valence-electron chi connectivity index (χ0n) is 12.8. The summed E-state index contributed by atoms with van der Waals surface area (Å²) in [6, 6.07) is 0.312. The molecule has 0 aliphatic carbocycles. The minimum Gasteiger partial charge on any atom is -0.383 e. The van der Waals surface area contributed by atoms with Crippen molar-refractivity contribution in [3.63, 3.8) is 0 Å². The van der Waals surface area contributed by atoms with Gasteiger partial charge in [-0.05, 0) is 51.6 Å². The van der Waals surface area contributed by atoms with Crippen LogP contribution in [0, 0.1) is 5.92 Å². The maximum atomic E-state index is 12.3. The normalized spacial score (nSPS) is 21.1. The van der Waals surface area contributed by atoms with Gasteiger partial charge in [0.25, 0.3) is 0 Å². The monoisotopic (exact) mass is 270 g/mol. The minimum absolute atomic E-state index is 0.289. The number of rotatable bonds is 8. The fourth-order valence-corrected chi connectivity index (χ4v) is 2.64. The highest BCUT2D eigenvalue weighted by molar-refractivity contribution is 5.76. The van der Waals surface area contributed by atoms with Gasteiger partial charge in [-0.2, -0.15) is 0 Å². The molecule has 1 aliphatic rings. The molecule has 0 spiro atoms. The summed E-state index contributed by atoms with van der Waals surface area (Å²) in [5, 5.41) is 3.41. The lowest BCUT2D eigenvalue weighted by molar-refractivity contribution is -0.134. The SMILES string of the molecule is CCC(C)N(CCOC)C(=O)CCC1CCCNC1. The number of nitrogens with one attached hydrogen (secondary N) is 1. The molecule has 1 aliphatic heterocycles. The van der Waals surface area contributed by atoms with E-state index >= 15 is 0 Å². The fourth-order valence-electron chi connectivity index (χ4n) is 2.64. The fraction of sp³-hybridized carbons (Fsp3) is 0.933. The van der Waals surface area contributed by atoms with Gasteiger partial charge in [-0.1, -0.05) is 6.92 Å². The van der Waals surface area contributed by atoms with E-state index in [1.54, 1.807) is 7.11 Å². The Balaban J connectivity index is 2.37. The summed E-state index contributed by atoms with van der Waals surface area (Å²) in [6.07, 6.45) is 5.21. The summed E-state index contributed by atoms with van der Waals surface area (Å²) < 4.78 is 5.11. The number of ether oxygens (including phenoxy) is 1. The van der Waals surface area contributed by atoms with E-state index in [2.05, 4.69) is 19.2 Å². The lowest BCUT2D eigenvalue weighted by Gasteiger charge is -2.29. The van der Waals surface area contributed by atoms with Crippen LogP contribution >= 0.6 is 0 Å². The quantitative estimate of drug-likeness (QED) is 0.734. The van der Waals surface area contributed by atoms with Gasteiger partial charge in [0.15, 0.2) is 0 Å². The van der Waals surface area contributed by atoms with E-state index in [-0.39, 0.29) is 5.91 Å². The van der Waals surface area contributed by atoms with Crippen molar-refractivity contribution in [3.8, 4) is 0 Å². The summed E-state index contributed by atoms with van der Waals surface area (Å²) in [4.78, 5) is 14.3. The zero-order chi connectivity index (χ0) is 14.1. The molecule has 0 saturated carbocycles. The van der Waals surface area contributed by atoms with Gasteiger partial charge in [0.1, 0.15) is 0 Å². The largest absolute Gasteiger partial charge is 0.383 e. The third-order valence-corrected chi connectivity index (χ3v) is 4.14. The molecule has 0 bridgehead atoms. The first-order valence-electron chi connectivity index (χ1n) is 7.68. The second-order valence-electron chi connectivity index (χ2n) is 5.59. The van der Waals surface area contributed by atoms with Gasteiger partial charge < -0.3 is 15.0 Å². The first-order chi connectivity index (χ1) is 9.19. The van der Waals surface area contributed by atoms with Gasteiger partial charge >= 0.3 is 0 Å². The Labute approximate surface area is 117 Å². The zero-order valence-corrected chi connectivity index (χ0v) is 12.8. The smallest absolute Gasteiger partial charge is 0.222 e. The molecule has 0 aromatic carbocycles. The lowest BCUT2D eigenvalue weighted by Crippen LogP contribution is -2.41. The van der Waals surface area contributed by atoms with Crippen molar-refractivity contribution in [2.75, 3.05) is 33.4 Å². The Morgan fingerprint density at radius 2 is 2.32 bits per heavy atom. The second-order valence-corrected chi connectivity index (χ2v) is 5.59. The molecule has 0 aromatic rings. The van der Waals surface area contributed by atoms with Crippen molar-refractivity contribution >= 4 is 5.91 Å². The molecule has 1 amide bonds. The standard InChI is InChI=1S/C15H30N2O2/c1-4-13(2)17(10-11-19-3)15(18)8-7-14-6-5-9-16-12-14/h13-14,16H,4-12H2,1-3H3. The Bertz CT molecular complexity index is 253. The highest BCUT2D eigenvalue weighted by atomic mass is 16.5. The minimum atomic E-state index is 0.289. The average Bonchev–Trinajstić information content (AvgIpc) is 2.46. The maximum Gasteiger partial charge on any atom is 0.222 e. The van der Waals surface area contributed by atoms with Crippen LogP contribution in [0.15, 0.2) is 0 Å². The number of carbonyl (C=O) groups is 1. The Morgan fingerprint density at radius 1 is 1.53 bits per heavy atom. The van der Waals surface area contributed by atoms with Crippen LogP contribution in [0.3, 0.4) is 0 Å². The van der Waals surface area contributed by atoms with E-state index in [0.717, 1.165) is 25.9 Å². The molecule has 1 saturated heterocycles. The van der Waals surface area contributed by atoms with Crippen LogP contribution < -0.4 is 5.32 Å². The van der Waals surface area contributed by atoms with Crippen LogP contribution in [0.5, 0.6) is 0 Å². The molecule has 1 fully saturated rings. The van der Waals surface area contributed by atoms with Crippen LogP contribution in [0.2, 0.25) is 0 Å². The first-order valence-corrected chi connectivity index (χ1v) is 7.68. The van der Waals surface area contributed by atoms with E-state index in [9.17, 15) is 4.79 Å². The number of nitrogens with zero attached hydrogens (tertiary/aromatic N) is 1. The van der Waals surface area contributed by atoms with Gasteiger partial charge in [-0.3, -0.25) is 4.79 Å². The molecule has 1 rings (SSSR count). The van der Waals surface area contributed by atoms with E-state index < -0.39 is 0 Å². The van der Waals surface area contributed by atoms with Gasteiger partial charge in [0, 0.05) is 26.1 Å². The third-order valence-electron chi connectivity index (χ3n) is 4.14. The molecule has 2 unspecified atom stereocenters. The van der Waals surface area contributed by atoms with E-state index in [0.29, 0.717) is 31.5 Å². The number of piperidine rings is 1. The number of amides is 1. The predicted molar refractivity (Wildman–Crippen MR) is 78.2 cm³/mol. The molecule has 112 valence electrons. The molecule has 4 heteroatoms. The van der Waals surface area contributed by atoms with Gasteiger partial charge in [-0.25, -0.2) is 0 Å². The lowest BCUT2D eigenvalue weighted by atomic mass is 9.94. The van der Waals surface area contributed by atoms with Crippen molar-refractivity contribution in [2.45, 2.75) is 52.0 Å². The van der Waals surface area contributed by atoms with Crippen molar-refractivity contribution in [1.29, 1.82) is 0 Å². The molecule has 0 radical (unpaired) electrons. The van der Waals surface area contributed by atoms with Crippen LogP contribution in [0.1, 0.15) is 46.0 Å². The molecule has 1 heterocycles. The van der Waals surface area contributed by atoms with Crippen LogP contribution in [0.4, 0.5) is 0 Å². The molecule has 19 heavy (non-hydrogen) atoms. The Morgan fingerprint density at radius 3 is 2.89 bits per heavy atom.